The fourth-order valence-corrected chi connectivity index (χ4v) is 6.40. The standard InChI is InChI=1S/C35H64O6/c1-3-4-5-6-7-8-9-13-16-19-22-31(37)33-24-25-34(41-33)32(38)23-20-17-14-11-10-12-15-18-21-30(36)27-29-26-28(2)40-35(29)39/h26,28,30-34,36-38H,3-25,27H2,1-2H3/t28-,30+,31+,32-,33+,34+/m0/s1. The second-order valence-electron chi connectivity index (χ2n) is 13.0. The van der Waals surface area contributed by atoms with Crippen molar-refractivity contribution in [2.24, 2.45) is 0 Å². The molecule has 2 aliphatic rings. The highest BCUT2D eigenvalue weighted by Gasteiger charge is 2.34. The summed E-state index contributed by atoms with van der Waals surface area (Å²) >= 11 is 0. The van der Waals surface area contributed by atoms with E-state index in [0.29, 0.717) is 12.0 Å². The van der Waals surface area contributed by atoms with Crippen molar-refractivity contribution in [3.63, 3.8) is 0 Å². The molecule has 0 bridgehead atoms. The van der Waals surface area contributed by atoms with E-state index in [4.69, 9.17) is 9.47 Å². The Balaban J connectivity index is 1.37. The largest absolute Gasteiger partial charge is 0.455 e. The number of ether oxygens (including phenoxy) is 2. The molecule has 0 aromatic rings. The van der Waals surface area contributed by atoms with Crippen LogP contribution in [0.5, 0.6) is 0 Å². The molecule has 0 unspecified atom stereocenters. The summed E-state index contributed by atoms with van der Waals surface area (Å²) in [6, 6.07) is 0. The van der Waals surface area contributed by atoms with Crippen LogP contribution in [0, 0.1) is 0 Å². The maximum atomic E-state index is 11.6. The van der Waals surface area contributed by atoms with Crippen LogP contribution in [0.2, 0.25) is 0 Å². The number of rotatable bonds is 26. The summed E-state index contributed by atoms with van der Waals surface area (Å²) in [7, 11) is 0. The predicted molar refractivity (Wildman–Crippen MR) is 167 cm³/mol. The SMILES string of the molecule is CCCCCCCCCCCC[C@@H](O)[C@H]1CC[C@H]([C@@H](O)CCCCCCCCCC[C@@H](O)CC2=C[C@H](C)OC2=O)O1. The number of unbranched alkanes of at least 4 members (excludes halogenated alkanes) is 16. The van der Waals surface area contributed by atoms with E-state index in [1.165, 1.54) is 83.5 Å². The predicted octanol–water partition coefficient (Wildman–Crippen LogP) is 8.09. The van der Waals surface area contributed by atoms with Crippen molar-refractivity contribution < 1.29 is 29.6 Å². The van der Waals surface area contributed by atoms with E-state index in [1.54, 1.807) is 0 Å². The molecule has 0 spiro atoms. The molecule has 41 heavy (non-hydrogen) atoms. The van der Waals surface area contributed by atoms with Crippen LogP contribution in [0.15, 0.2) is 11.6 Å². The summed E-state index contributed by atoms with van der Waals surface area (Å²) in [6.07, 6.45) is 26.7. The second-order valence-corrected chi connectivity index (χ2v) is 13.0. The highest BCUT2D eigenvalue weighted by Crippen LogP contribution is 2.28. The Hall–Kier alpha value is -0.950. The lowest BCUT2D eigenvalue weighted by atomic mass is 9.99. The Morgan fingerprint density at radius 1 is 0.683 bits per heavy atom. The number of aliphatic hydroxyl groups excluding tert-OH is 3. The number of carbonyl (C=O) groups excluding carboxylic acids is 1. The summed E-state index contributed by atoms with van der Waals surface area (Å²) in [6.45, 7) is 4.10. The summed E-state index contributed by atoms with van der Waals surface area (Å²) in [4.78, 5) is 11.6. The van der Waals surface area contributed by atoms with Crippen molar-refractivity contribution in [2.75, 3.05) is 0 Å². The lowest BCUT2D eigenvalue weighted by molar-refractivity contribution is -0.139. The lowest BCUT2D eigenvalue weighted by Crippen LogP contribution is -2.31. The van der Waals surface area contributed by atoms with Crippen LogP contribution in [0.4, 0.5) is 0 Å². The minimum Gasteiger partial charge on any atom is -0.455 e. The highest BCUT2D eigenvalue weighted by atomic mass is 16.5. The molecule has 0 saturated carbocycles. The van der Waals surface area contributed by atoms with Gasteiger partial charge in [-0.3, -0.25) is 0 Å². The molecule has 1 fully saturated rings. The van der Waals surface area contributed by atoms with Crippen molar-refractivity contribution in [3.05, 3.63) is 11.6 Å². The minimum absolute atomic E-state index is 0.102. The van der Waals surface area contributed by atoms with E-state index in [0.717, 1.165) is 64.2 Å². The van der Waals surface area contributed by atoms with Gasteiger partial charge in [-0.1, -0.05) is 122 Å². The van der Waals surface area contributed by atoms with Crippen LogP contribution >= 0.6 is 0 Å². The molecule has 6 heteroatoms. The molecule has 0 aromatic heterocycles. The van der Waals surface area contributed by atoms with Crippen molar-refractivity contribution in [2.45, 2.75) is 205 Å². The van der Waals surface area contributed by atoms with Crippen molar-refractivity contribution in [3.8, 4) is 0 Å². The first-order valence-corrected chi connectivity index (χ1v) is 17.5. The fourth-order valence-electron chi connectivity index (χ4n) is 6.40. The third-order valence-corrected chi connectivity index (χ3v) is 9.03. The molecule has 2 rings (SSSR count). The monoisotopic (exact) mass is 580 g/mol. The smallest absolute Gasteiger partial charge is 0.334 e. The van der Waals surface area contributed by atoms with Crippen molar-refractivity contribution >= 4 is 5.97 Å². The van der Waals surface area contributed by atoms with E-state index in [9.17, 15) is 20.1 Å². The number of carbonyl (C=O) groups is 1. The normalized spacial score (nSPS) is 23.0. The Labute approximate surface area is 251 Å². The summed E-state index contributed by atoms with van der Waals surface area (Å²) in [5, 5.41) is 31.4. The molecular formula is C35H64O6. The maximum absolute atomic E-state index is 11.6. The van der Waals surface area contributed by atoms with Gasteiger partial charge in [-0.15, -0.1) is 0 Å². The summed E-state index contributed by atoms with van der Waals surface area (Å²) in [5.74, 6) is -0.280. The van der Waals surface area contributed by atoms with Crippen LogP contribution in [-0.2, 0) is 14.3 Å². The Morgan fingerprint density at radius 3 is 1.51 bits per heavy atom. The number of hydrogen-bond donors (Lipinski definition) is 3. The van der Waals surface area contributed by atoms with Crippen LogP contribution in [0.3, 0.4) is 0 Å². The zero-order chi connectivity index (χ0) is 29.7. The van der Waals surface area contributed by atoms with Gasteiger partial charge in [0.1, 0.15) is 6.10 Å². The van der Waals surface area contributed by atoms with Crippen molar-refractivity contribution in [1.29, 1.82) is 0 Å². The van der Waals surface area contributed by atoms with E-state index in [2.05, 4.69) is 6.92 Å². The van der Waals surface area contributed by atoms with Gasteiger partial charge in [0.05, 0.1) is 30.5 Å². The molecule has 0 amide bonds. The summed E-state index contributed by atoms with van der Waals surface area (Å²) < 4.78 is 11.2. The number of esters is 1. The van der Waals surface area contributed by atoms with Gasteiger partial charge in [0.15, 0.2) is 0 Å². The molecule has 240 valence electrons. The van der Waals surface area contributed by atoms with Gasteiger partial charge in [0.25, 0.3) is 0 Å². The van der Waals surface area contributed by atoms with E-state index in [1.807, 2.05) is 13.0 Å². The van der Waals surface area contributed by atoms with Gasteiger partial charge >= 0.3 is 5.97 Å². The first kappa shape index (κ1) is 36.2. The van der Waals surface area contributed by atoms with Crippen LogP contribution in [0.25, 0.3) is 0 Å². The molecule has 2 aliphatic heterocycles. The van der Waals surface area contributed by atoms with Gasteiger partial charge in [-0.25, -0.2) is 4.79 Å². The van der Waals surface area contributed by atoms with E-state index in [-0.39, 0.29) is 24.3 Å². The lowest BCUT2D eigenvalue weighted by Gasteiger charge is -2.22. The van der Waals surface area contributed by atoms with E-state index < -0.39 is 18.3 Å². The zero-order valence-corrected chi connectivity index (χ0v) is 26.6. The topological polar surface area (TPSA) is 96.2 Å². The molecule has 2 heterocycles. The van der Waals surface area contributed by atoms with Crippen LogP contribution in [-0.4, -0.2) is 57.9 Å². The number of aliphatic hydroxyl groups is 3. The van der Waals surface area contributed by atoms with Crippen molar-refractivity contribution in [1.82, 2.24) is 0 Å². The van der Waals surface area contributed by atoms with Gasteiger partial charge in [-0.05, 0) is 45.1 Å². The number of cyclic esters (lactones) is 1. The Morgan fingerprint density at radius 2 is 1.10 bits per heavy atom. The zero-order valence-electron chi connectivity index (χ0n) is 26.6. The Bertz CT molecular complexity index is 694. The molecule has 3 N–H and O–H groups in total. The van der Waals surface area contributed by atoms with Gasteiger partial charge in [-0.2, -0.15) is 0 Å². The number of hydrogen-bond acceptors (Lipinski definition) is 6. The summed E-state index contributed by atoms with van der Waals surface area (Å²) in [5.41, 5.74) is 0.617. The molecular weight excluding hydrogens is 516 g/mol. The molecule has 1 saturated heterocycles. The average Bonchev–Trinajstić information content (AvgIpc) is 3.57. The van der Waals surface area contributed by atoms with Gasteiger partial charge in [0, 0.05) is 12.0 Å². The first-order valence-electron chi connectivity index (χ1n) is 17.5. The van der Waals surface area contributed by atoms with Gasteiger partial charge in [0.2, 0.25) is 0 Å². The molecule has 6 nitrogen and oxygen atoms in total. The fraction of sp³-hybridized carbons (Fsp3) is 0.914. The third-order valence-electron chi connectivity index (χ3n) is 9.03. The quantitative estimate of drug-likeness (QED) is 0.0707. The molecule has 0 aromatic carbocycles. The molecule has 0 aliphatic carbocycles. The third kappa shape index (κ3) is 16.5. The highest BCUT2D eigenvalue weighted by molar-refractivity contribution is 5.90. The second kappa shape index (κ2) is 22.6. The van der Waals surface area contributed by atoms with Gasteiger partial charge < -0.3 is 24.8 Å². The molecule has 6 atom stereocenters. The minimum atomic E-state index is -0.461. The molecule has 0 radical (unpaired) electrons. The Kier molecular flexibility index (Phi) is 20.0. The van der Waals surface area contributed by atoms with Crippen LogP contribution < -0.4 is 0 Å². The van der Waals surface area contributed by atoms with Crippen LogP contribution in [0.1, 0.15) is 168 Å². The first-order chi connectivity index (χ1) is 19.9. The maximum Gasteiger partial charge on any atom is 0.334 e. The average molecular weight is 581 g/mol. The van der Waals surface area contributed by atoms with E-state index >= 15 is 0 Å².